The van der Waals surface area contributed by atoms with Gasteiger partial charge in [0.1, 0.15) is 0 Å². The van der Waals surface area contributed by atoms with Gasteiger partial charge in [-0.3, -0.25) is 0 Å². The van der Waals surface area contributed by atoms with Crippen molar-refractivity contribution in [3.05, 3.63) is 47.6 Å². The van der Waals surface area contributed by atoms with Crippen LogP contribution in [-0.2, 0) is 5.92 Å². The molecule has 4 nitrogen and oxygen atoms in total. The van der Waals surface area contributed by atoms with Crippen LogP contribution >= 0.6 is 0 Å². The first kappa shape index (κ1) is 13.2. The molecule has 1 fully saturated rings. The minimum absolute atomic E-state index is 0.00202. The van der Waals surface area contributed by atoms with E-state index in [2.05, 4.69) is 10.1 Å². The zero-order valence-electron chi connectivity index (χ0n) is 10.8. The van der Waals surface area contributed by atoms with Crippen molar-refractivity contribution in [2.45, 2.75) is 37.1 Å². The summed E-state index contributed by atoms with van der Waals surface area (Å²) in [6.45, 7) is 0. The molecule has 0 bridgehead atoms. The first-order chi connectivity index (χ1) is 9.57. The maximum absolute atomic E-state index is 14.3. The third kappa shape index (κ3) is 2.31. The van der Waals surface area contributed by atoms with Gasteiger partial charge in [-0.25, -0.2) is 0 Å². The Labute approximate surface area is 115 Å². The van der Waals surface area contributed by atoms with Crippen molar-refractivity contribution < 1.29 is 13.3 Å². The number of rotatable bonds is 3. The lowest BCUT2D eigenvalue weighted by Crippen LogP contribution is -2.17. The zero-order valence-corrected chi connectivity index (χ0v) is 10.8. The predicted molar refractivity (Wildman–Crippen MR) is 68.3 cm³/mol. The van der Waals surface area contributed by atoms with Gasteiger partial charge >= 0.3 is 5.92 Å². The summed E-state index contributed by atoms with van der Waals surface area (Å²) in [5.74, 6) is -3.57. The molecule has 0 radical (unpaired) electrons. The van der Waals surface area contributed by atoms with Crippen LogP contribution in [0.25, 0.3) is 0 Å². The minimum Gasteiger partial charge on any atom is -0.339 e. The zero-order chi connectivity index (χ0) is 14.2. The number of hydrogen-bond donors (Lipinski definition) is 1. The van der Waals surface area contributed by atoms with E-state index in [1.807, 2.05) is 0 Å². The molecule has 1 aromatic heterocycles. The predicted octanol–water partition coefficient (Wildman–Crippen LogP) is 2.80. The maximum atomic E-state index is 14.3. The summed E-state index contributed by atoms with van der Waals surface area (Å²) in [5, 5.41) is 3.46. The molecule has 6 heteroatoms. The molecule has 3 rings (SSSR count). The lowest BCUT2D eigenvalue weighted by Gasteiger charge is -2.11. The number of nitrogens with two attached hydrogens (primary N) is 1. The molecule has 2 atom stereocenters. The fraction of sp³-hybridized carbons (Fsp3) is 0.429. The van der Waals surface area contributed by atoms with Crippen LogP contribution in [0.5, 0.6) is 0 Å². The Bertz CT molecular complexity index is 585. The largest absolute Gasteiger partial charge is 0.339 e. The van der Waals surface area contributed by atoms with E-state index >= 15 is 0 Å². The van der Waals surface area contributed by atoms with Crippen LogP contribution in [0.4, 0.5) is 8.78 Å². The molecular weight excluding hydrogens is 264 g/mol. The second kappa shape index (κ2) is 4.94. The smallest absolute Gasteiger partial charge is 0.335 e. The number of alkyl halides is 2. The minimum atomic E-state index is -3.25. The normalized spacial score (nSPS) is 23.1. The van der Waals surface area contributed by atoms with E-state index in [1.165, 1.54) is 12.1 Å². The third-order valence-corrected chi connectivity index (χ3v) is 3.68. The third-order valence-electron chi connectivity index (χ3n) is 3.68. The average molecular weight is 279 g/mol. The van der Waals surface area contributed by atoms with Crippen molar-refractivity contribution in [3.63, 3.8) is 0 Å². The van der Waals surface area contributed by atoms with Crippen LogP contribution < -0.4 is 5.73 Å². The van der Waals surface area contributed by atoms with Crippen molar-refractivity contribution in [1.82, 2.24) is 10.1 Å². The number of hydrogen-bond acceptors (Lipinski definition) is 4. The molecule has 2 N–H and O–H groups in total. The Morgan fingerprint density at radius 1 is 1.20 bits per heavy atom. The number of aromatic nitrogens is 2. The highest BCUT2D eigenvalue weighted by Gasteiger charge is 2.40. The summed E-state index contributed by atoms with van der Waals surface area (Å²) >= 11 is 0. The molecule has 1 saturated carbocycles. The Morgan fingerprint density at radius 3 is 2.60 bits per heavy atom. The lowest BCUT2D eigenvalue weighted by molar-refractivity contribution is 0.0304. The molecule has 1 aromatic carbocycles. The van der Waals surface area contributed by atoms with Crippen molar-refractivity contribution >= 4 is 0 Å². The highest BCUT2D eigenvalue weighted by Crippen LogP contribution is 2.37. The summed E-state index contributed by atoms with van der Waals surface area (Å²) in [6.07, 6.45) is 2.37. The van der Waals surface area contributed by atoms with E-state index in [0.717, 1.165) is 12.8 Å². The molecule has 0 saturated heterocycles. The molecule has 20 heavy (non-hydrogen) atoms. The number of halogens is 2. The molecule has 1 heterocycles. The van der Waals surface area contributed by atoms with Crippen LogP contribution in [0.1, 0.15) is 42.5 Å². The van der Waals surface area contributed by atoms with Crippen molar-refractivity contribution in [2.75, 3.05) is 0 Å². The summed E-state index contributed by atoms with van der Waals surface area (Å²) in [4.78, 5) is 3.89. The van der Waals surface area contributed by atoms with E-state index in [-0.39, 0.29) is 23.4 Å². The first-order valence-electron chi connectivity index (χ1n) is 6.60. The Morgan fingerprint density at radius 2 is 1.95 bits per heavy atom. The van der Waals surface area contributed by atoms with Gasteiger partial charge in [-0.05, 0) is 19.3 Å². The summed E-state index contributed by atoms with van der Waals surface area (Å²) in [6, 6.07) is 7.58. The van der Waals surface area contributed by atoms with Crippen LogP contribution in [-0.4, -0.2) is 16.2 Å². The van der Waals surface area contributed by atoms with Crippen molar-refractivity contribution in [1.29, 1.82) is 0 Å². The Balaban J connectivity index is 1.86. The van der Waals surface area contributed by atoms with Crippen LogP contribution in [0.3, 0.4) is 0 Å². The molecule has 1 aliphatic rings. The standard InChI is InChI=1S/C14H15F2N3O/c15-14(16,10-4-2-1-3-5-10)13-18-12(20-19-13)9-6-7-11(17)8-9/h1-5,9,11H,6-8,17H2/t9-,11-/m0/s1. The van der Waals surface area contributed by atoms with E-state index in [9.17, 15) is 8.78 Å². The van der Waals surface area contributed by atoms with Crippen LogP contribution in [0, 0.1) is 0 Å². The topological polar surface area (TPSA) is 64.9 Å². The Hall–Kier alpha value is -1.82. The summed E-state index contributed by atoms with van der Waals surface area (Å²) in [5.41, 5.74) is 5.67. The molecule has 0 unspecified atom stereocenters. The fourth-order valence-electron chi connectivity index (χ4n) is 2.55. The fourth-order valence-corrected chi connectivity index (χ4v) is 2.55. The van der Waals surface area contributed by atoms with Gasteiger partial charge in [0, 0.05) is 17.5 Å². The van der Waals surface area contributed by atoms with Gasteiger partial charge in [-0.1, -0.05) is 35.5 Å². The van der Waals surface area contributed by atoms with E-state index < -0.39 is 11.7 Å². The summed E-state index contributed by atoms with van der Waals surface area (Å²) < 4.78 is 33.5. The highest BCUT2D eigenvalue weighted by atomic mass is 19.3. The van der Waals surface area contributed by atoms with E-state index in [4.69, 9.17) is 10.3 Å². The van der Waals surface area contributed by atoms with E-state index in [0.29, 0.717) is 6.42 Å². The van der Waals surface area contributed by atoms with Gasteiger partial charge in [0.05, 0.1) is 0 Å². The number of nitrogens with zero attached hydrogens (tertiary/aromatic N) is 2. The second-order valence-corrected chi connectivity index (χ2v) is 5.17. The van der Waals surface area contributed by atoms with Gasteiger partial charge in [0.2, 0.25) is 11.7 Å². The highest BCUT2D eigenvalue weighted by molar-refractivity contribution is 5.25. The number of benzene rings is 1. The molecule has 2 aromatic rings. The lowest BCUT2D eigenvalue weighted by atomic mass is 10.1. The van der Waals surface area contributed by atoms with Crippen molar-refractivity contribution in [2.24, 2.45) is 5.73 Å². The molecule has 0 spiro atoms. The quantitative estimate of drug-likeness (QED) is 0.938. The molecule has 0 amide bonds. The van der Waals surface area contributed by atoms with Crippen LogP contribution in [0.15, 0.2) is 34.9 Å². The van der Waals surface area contributed by atoms with Crippen molar-refractivity contribution in [3.8, 4) is 0 Å². The monoisotopic (exact) mass is 279 g/mol. The van der Waals surface area contributed by atoms with Gasteiger partial charge in [-0.2, -0.15) is 13.8 Å². The Kier molecular flexibility index (Phi) is 3.25. The van der Waals surface area contributed by atoms with Gasteiger partial charge in [0.15, 0.2) is 0 Å². The maximum Gasteiger partial charge on any atom is 0.335 e. The SMILES string of the molecule is N[C@H]1CC[C@H](c2nc(C(F)(F)c3ccccc3)no2)C1. The van der Waals surface area contributed by atoms with Gasteiger partial charge < -0.3 is 10.3 Å². The summed E-state index contributed by atoms with van der Waals surface area (Å²) in [7, 11) is 0. The van der Waals surface area contributed by atoms with E-state index in [1.54, 1.807) is 18.2 Å². The van der Waals surface area contributed by atoms with Crippen LogP contribution in [0.2, 0.25) is 0 Å². The first-order valence-corrected chi connectivity index (χ1v) is 6.60. The molecule has 1 aliphatic carbocycles. The molecule has 106 valence electrons. The van der Waals surface area contributed by atoms with Gasteiger partial charge in [0.25, 0.3) is 0 Å². The molecule has 0 aliphatic heterocycles. The second-order valence-electron chi connectivity index (χ2n) is 5.17. The molecular formula is C14H15F2N3O. The van der Waals surface area contributed by atoms with Gasteiger partial charge in [-0.15, -0.1) is 0 Å². The average Bonchev–Trinajstić information content (AvgIpc) is 3.08.